The lowest BCUT2D eigenvalue weighted by Gasteiger charge is -2.02. The van der Waals surface area contributed by atoms with Crippen molar-refractivity contribution in [1.29, 1.82) is 0 Å². The average Bonchev–Trinajstić information content (AvgIpc) is 2.67. The van der Waals surface area contributed by atoms with Gasteiger partial charge in [-0.2, -0.15) is 13.2 Å². The van der Waals surface area contributed by atoms with E-state index in [1.54, 1.807) is 0 Å². The number of hydrogen-bond donors (Lipinski definition) is 2. The van der Waals surface area contributed by atoms with Crippen molar-refractivity contribution in [3.05, 3.63) is 26.7 Å². The molecule has 2 aromatic rings. The van der Waals surface area contributed by atoms with Crippen LogP contribution in [0.25, 0.3) is 11.2 Å². The van der Waals surface area contributed by atoms with Crippen LogP contribution in [0.4, 0.5) is 13.2 Å². The van der Waals surface area contributed by atoms with Crippen molar-refractivity contribution in [3.63, 3.8) is 0 Å². The van der Waals surface area contributed by atoms with Gasteiger partial charge in [-0.1, -0.05) is 0 Å². The molecule has 0 saturated carbocycles. The molecule has 0 aliphatic heterocycles. The monoisotopic (exact) mass is 262 g/mol. The molecule has 6 nitrogen and oxygen atoms in total. The Morgan fingerprint density at radius 2 is 1.94 bits per heavy atom. The van der Waals surface area contributed by atoms with Gasteiger partial charge in [0.25, 0.3) is 5.56 Å². The Morgan fingerprint density at radius 1 is 1.28 bits per heavy atom. The molecule has 0 unspecified atom stereocenters. The lowest BCUT2D eigenvalue weighted by Crippen LogP contribution is -2.28. The van der Waals surface area contributed by atoms with Crippen molar-refractivity contribution in [1.82, 2.24) is 19.5 Å². The minimum absolute atomic E-state index is 0.00530. The zero-order valence-corrected chi connectivity index (χ0v) is 9.26. The van der Waals surface area contributed by atoms with Gasteiger partial charge in [0.05, 0.1) is 6.42 Å². The first-order chi connectivity index (χ1) is 8.28. The molecule has 0 radical (unpaired) electrons. The third-order valence-electron chi connectivity index (χ3n) is 2.45. The van der Waals surface area contributed by atoms with E-state index in [1.807, 2.05) is 4.98 Å². The van der Waals surface area contributed by atoms with E-state index in [0.29, 0.717) is 0 Å². The van der Waals surface area contributed by atoms with Crippen molar-refractivity contribution >= 4 is 11.2 Å². The van der Waals surface area contributed by atoms with Crippen LogP contribution in [0.15, 0.2) is 9.59 Å². The van der Waals surface area contributed by atoms with Crippen molar-refractivity contribution in [2.45, 2.75) is 19.0 Å². The van der Waals surface area contributed by atoms with Crippen molar-refractivity contribution in [2.24, 2.45) is 7.05 Å². The number of nitrogens with zero attached hydrogens (tertiary/aromatic N) is 2. The molecule has 0 fully saturated rings. The fourth-order valence-electron chi connectivity index (χ4n) is 1.53. The van der Waals surface area contributed by atoms with E-state index in [-0.39, 0.29) is 23.4 Å². The Labute approximate surface area is 97.5 Å². The van der Waals surface area contributed by atoms with Gasteiger partial charge in [0.15, 0.2) is 5.65 Å². The molecule has 2 heterocycles. The molecule has 0 aliphatic carbocycles. The second kappa shape index (κ2) is 4.00. The Bertz CT molecular complexity index is 694. The summed E-state index contributed by atoms with van der Waals surface area (Å²) in [5, 5.41) is 0. The molecule has 0 aromatic carbocycles. The van der Waals surface area contributed by atoms with Gasteiger partial charge >= 0.3 is 11.9 Å². The molecule has 0 aliphatic rings. The highest BCUT2D eigenvalue weighted by Gasteiger charge is 2.27. The van der Waals surface area contributed by atoms with Crippen molar-refractivity contribution in [2.75, 3.05) is 0 Å². The van der Waals surface area contributed by atoms with E-state index in [1.165, 1.54) is 7.05 Å². The molecule has 0 atom stereocenters. The van der Waals surface area contributed by atoms with Crippen LogP contribution in [-0.2, 0) is 13.5 Å². The molecule has 0 bridgehead atoms. The number of aromatic amines is 2. The number of H-pyrrole nitrogens is 2. The summed E-state index contributed by atoms with van der Waals surface area (Å²) in [4.78, 5) is 31.0. The van der Waals surface area contributed by atoms with E-state index >= 15 is 0 Å². The number of imidazole rings is 1. The van der Waals surface area contributed by atoms with Crippen LogP contribution in [-0.4, -0.2) is 25.7 Å². The van der Waals surface area contributed by atoms with Crippen molar-refractivity contribution in [3.8, 4) is 0 Å². The lowest BCUT2D eigenvalue weighted by molar-refractivity contribution is -0.134. The first kappa shape index (κ1) is 12.4. The van der Waals surface area contributed by atoms with Crippen LogP contribution in [0.1, 0.15) is 12.2 Å². The Kier molecular flexibility index (Phi) is 2.76. The molecular formula is C9H9F3N4O2. The number of aryl methyl sites for hydroxylation is 2. The summed E-state index contributed by atoms with van der Waals surface area (Å²) in [6.07, 6.45) is -5.71. The van der Waals surface area contributed by atoms with Gasteiger partial charge in [0.1, 0.15) is 11.3 Å². The SMILES string of the molecule is Cn1c(=O)[nH]c(=O)c2[nH]c(CCC(F)(F)F)nc21. The van der Waals surface area contributed by atoms with Crippen molar-refractivity contribution < 1.29 is 13.2 Å². The molecule has 0 amide bonds. The molecule has 0 saturated heterocycles. The van der Waals surface area contributed by atoms with Crippen LogP contribution >= 0.6 is 0 Å². The smallest absolute Gasteiger partial charge is 0.336 e. The summed E-state index contributed by atoms with van der Waals surface area (Å²) in [7, 11) is 1.37. The topological polar surface area (TPSA) is 83.5 Å². The number of alkyl halides is 3. The van der Waals surface area contributed by atoms with Gasteiger partial charge in [-0.25, -0.2) is 9.78 Å². The summed E-state index contributed by atoms with van der Waals surface area (Å²) in [6.45, 7) is 0. The van der Waals surface area contributed by atoms with Gasteiger partial charge in [0, 0.05) is 13.5 Å². The van der Waals surface area contributed by atoms with E-state index in [4.69, 9.17) is 0 Å². The van der Waals surface area contributed by atoms with Crippen LogP contribution < -0.4 is 11.2 Å². The first-order valence-electron chi connectivity index (χ1n) is 5.02. The number of hydrogen-bond acceptors (Lipinski definition) is 3. The molecule has 2 N–H and O–H groups in total. The van der Waals surface area contributed by atoms with Gasteiger partial charge in [0.2, 0.25) is 0 Å². The minimum atomic E-state index is -4.29. The average molecular weight is 262 g/mol. The fraction of sp³-hybridized carbons (Fsp3) is 0.444. The normalized spacial score (nSPS) is 12.2. The maximum atomic E-state index is 12.1. The summed E-state index contributed by atoms with van der Waals surface area (Å²) >= 11 is 0. The summed E-state index contributed by atoms with van der Waals surface area (Å²) in [6, 6.07) is 0. The Hall–Kier alpha value is -2.06. The molecule has 9 heteroatoms. The number of aromatic nitrogens is 4. The molecule has 18 heavy (non-hydrogen) atoms. The van der Waals surface area contributed by atoms with E-state index in [2.05, 4.69) is 9.97 Å². The van der Waals surface area contributed by atoms with Crippen LogP contribution in [0, 0.1) is 0 Å². The Balaban J connectivity index is 2.45. The zero-order valence-electron chi connectivity index (χ0n) is 9.26. The van der Waals surface area contributed by atoms with Crippen LogP contribution in [0.2, 0.25) is 0 Å². The number of rotatable bonds is 2. The third kappa shape index (κ3) is 2.29. The number of nitrogens with one attached hydrogen (secondary N) is 2. The van der Waals surface area contributed by atoms with Crippen LogP contribution in [0.3, 0.4) is 0 Å². The summed E-state index contributed by atoms with van der Waals surface area (Å²) in [5.41, 5.74) is -1.32. The minimum Gasteiger partial charge on any atom is -0.336 e. The maximum Gasteiger partial charge on any atom is 0.389 e. The van der Waals surface area contributed by atoms with Gasteiger partial charge in [-0.05, 0) is 0 Å². The van der Waals surface area contributed by atoms with Crippen LogP contribution in [0.5, 0.6) is 0 Å². The highest BCUT2D eigenvalue weighted by atomic mass is 19.4. The third-order valence-corrected chi connectivity index (χ3v) is 2.45. The molecule has 2 aromatic heterocycles. The van der Waals surface area contributed by atoms with E-state index < -0.39 is 23.8 Å². The lowest BCUT2D eigenvalue weighted by atomic mass is 10.3. The quantitative estimate of drug-likeness (QED) is 0.824. The predicted molar refractivity (Wildman–Crippen MR) is 56.3 cm³/mol. The van der Waals surface area contributed by atoms with Gasteiger partial charge < -0.3 is 4.98 Å². The molecule has 0 spiro atoms. The number of halogens is 3. The van der Waals surface area contributed by atoms with Gasteiger partial charge in [-0.15, -0.1) is 0 Å². The fourth-order valence-corrected chi connectivity index (χ4v) is 1.53. The second-order valence-corrected chi connectivity index (χ2v) is 3.82. The van der Waals surface area contributed by atoms with E-state index in [0.717, 1.165) is 4.57 Å². The molecular weight excluding hydrogens is 253 g/mol. The second-order valence-electron chi connectivity index (χ2n) is 3.82. The molecule has 98 valence electrons. The highest BCUT2D eigenvalue weighted by molar-refractivity contribution is 5.69. The highest BCUT2D eigenvalue weighted by Crippen LogP contribution is 2.21. The molecule has 2 rings (SSSR count). The standard InChI is InChI=1S/C9H9F3N4O2/c1-16-6-5(7(17)15-8(16)18)13-4(14-6)2-3-9(10,11)12/h2-3H2,1H3,(H,13,14)(H,15,17,18). The predicted octanol–water partition coefficient (Wildman–Crippen LogP) is 0.445. The maximum absolute atomic E-state index is 12.1. The zero-order chi connectivity index (χ0) is 13.5. The Morgan fingerprint density at radius 3 is 2.56 bits per heavy atom. The summed E-state index contributed by atoms with van der Waals surface area (Å²) < 4.78 is 37.2. The largest absolute Gasteiger partial charge is 0.389 e. The number of fused-ring (bicyclic) bond motifs is 1. The van der Waals surface area contributed by atoms with Gasteiger partial charge in [-0.3, -0.25) is 14.3 Å². The van der Waals surface area contributed by atoms with E-state index in [9.17, 15) is 22.8 Å². The first-order valence-corrected chi connectivity index (χ1v) is 5.02. The summed E-state index contributed by atoms with van der Waals surface area (Å²) in [5.74, 6) is 0.0222.